The first-order valence-corrected chi connectivity index (χ1v) is 11.6. The van der Waals surface area contributed by atoms with Crippen LogP contribution in [0.15, 0.2) is 42.9 Å². The first-order valence-electron chi connectivity index (χ1n) is 11.6. The number of aromatic nitrogens is 3. The normalized spacial score (nSPS) is 15.5. The van der Waals surface area contributed by atoms with Crippen molar-refractivity contribution in [3.63, 3.8) is 0 Å². The average Bonchev–Trinajstić information content (AvgIpc) is 2.84. The Morgan fingerprint density at radius 2 is 2.09 bits per heavy atom. The topological polar surface area (TPSA) is 106 Å². The third-order valence-corrected chi connectivity index (χ3v) is 6.16. The molecule has 1 unspecified atom stereocenters. The van der Waals surface area contributed by atoms with E-state index in [1.54, 1.807) is 12.4 Å². The molecule has 0 radical (unpaired) electrons. The molecular formula is C25H32N6O2. The molecule has 8 nitrogen and oxygen atoms in total. The lowest BCUT2D eigenvalue weighted by Gasteiger charge is -2.32. The summed E-state index contributed by atoms with van der Waals surface area (Å²) in [5, 5.41) is 5.55. The molecule has 3 aromatic heterocycles. The minimum atomic E-state index is -0.210. The molecule has 0 spiro atoms. The van der Waals surface area contributed by atoms with Crippen molar-refractivity contribution in [1.29, 1.82) is 0 Å². The number of piperidine rings is 1. The maximum absolute atomic E-state index is 11.6. The van der Waals surface area contributed by atoms with Gasteiger partial charge in [0, 0.05) is 73.2 Å². The monoisotopic (exact) mass is 448 g/mol. The number of primary amides is 1. The average molecular weight is 449 g/mol. The number of rotatable bonds is 9. The number of hydrogen-bond acceptors (Lipinski definition) is 7. The fourth-order valence-electron chi connectivity index (χ4n) is 4.24. The highest BCUT2D eigenvalue weighted by atomic mass is 16.5. The van der Waals surface area contributed by atoms with Gasteiger partial charge in [-0.3, -0.25) is 9.78 Å². The summed E-state index contributed by atoms with van der Waals surface area (Å²) >= 11 is 0. The molecule has 1 atom stereocenters. The molecule has 0 bridgehead atoms. The van der Waals surface area contributed by atoms with Gasteiger partial charge in [-0.25, -0.2) is 9.97 Å². The molecule has 3 N–H and O–H groups in total. The summed E-state index contributed by atoms with van der Waals surface area (Å²) in [5.41, 5.74) is 7.38. The molecule has 1 aliphatic heterocycles. The van der Waals surface area contributed by atoms with Gasteiger partial charge < -0.3 is 20.7 Å². The molecule has 1 fully saturated rings. The number of ether oxygens (including phenoxy) is 1. The van der Waals surface area contributed by atoms with Crippen molar-refractivity contribution in [2.75, 3.05) is 36.5 Å². The van der Waals surface area contributed by atoms with Gasteiger partial charge in [0.2, 0.25) is 5.91 Å². The van der Waals surface area contributed by atoms with Gasteiger partial charge >= 0.3 is 0 Å². The zero-order chi connectivity index (χ0) is 23.2. The van der Waals surface area contributed by atoms with Crippen molar-refractivity contribution in [3.05, 3.63) is 42.9 Å². The Kier molecular flexibility index (Phi) is 7.34. The summed E-state index contributed by atoms with van der Waals surface area (Å²) < 4.78 is 5.46. The Morgan fingerprint density at radius 3 is 2.85 bits per heavy atom. The van der Waals surface area contributed by atoms with Crippen molar-refractivity contribution in [2.24, 2.45) is 11.7 Å². The van der Waals surface area contributed by atoms with Crippen LogP contribution >= 0.6 is 0 Å². The molecule has 4 rings (SSSR count). The Hall–Kier alpha value is -3.26. The summed E-state index contributed by atoms with van der Waals surface area (Å²) in [6.07, 6.45) is 7.87. The van der Waals surface area contributed by atoms with Crippen molar-refractivity contribution in [3.8, 4) is 11.3 Å². The second-order valence-electron chi connectivity index (χ2n) is 8.55. The van der Waals surface area contributed by atoms with Gasteiger partial charge in [-0.2, -0.15) is 0 Å². The highest BCUT2D eigenvalue weighted by Gasteiger charge is 2.25. The first kappa shape index (κ1) is 22.9. The molecule has 0 aliphatic carbocycles. The predicted molar refractivity (Wildman–Crippen MR) is 131 cm³/mol. The summed E-state index contributed by atoms with van der Waals surface area (Å²) in [7, 11) is 0. The standard InChI is InChI=1S/C25H32N6O2/c1-3-33-13-8-17(2)29-23-15-19(4-10-28-23)22-14-20-16-27-9-5-21(20)25(30-22)31-11-6-18(7-12-31)24(26)32/h4-5,9-10,14-18H,3,6-8,11-13H2,1-2H3,(H2,26,32)(H,28,29). The van der Waals surface area contributed by atoms with Gasteiger partial charge in [-0.1, -0.05) is 0 Å². The van der Waals surface area contributed by atoms with E-state index in [2.05, 4.69) is 33.2 Å². The quantitative estimate of drug-likeness (QED) is 0.482. The predicted octanol–water partition coefficient (Wildman–Crippen LogP) is 3.62. The lowest BCUT2D eigenvalue weighted by molar-refractivity contribution is -0.122. The highest BCUT2D eigenvalue weighted by Crippen LogP contribution is 2.32. The summed E-state index contributed by atoms with van der Waals surface area (Å²) in [6.45, 7) is 7.08. The fourth-order valence-corrected chi connectivity index (χ4v) is 4.24. The molecular weight excluding hydrogens is 416 g/mol. The highest BCUT2D eigenvalue weighted by molar-refractivity contribution is 5.94. The van der Waals surface area contributed by atoms with Crippen LogP contribution in [-0.2, 0) is 9.53 Å². The number of nitrogens with one attached hydrogen (secondary N) is 1. The molecule has 8 heteroatoms. The van der Waals surface area contributed by atoms with E-state index in [-0.39, 0.29) is 17.9 Å². The lowest BCUT2D eigenvalue weighted by atomic mass is 9.96. The molecule has 0 saturated carbocycles. The Bertz CT molecular complexity index is 1100. The molecule has 1 aliphatic rings. The maximum atomic E-state index is 11.6. The van der Waals surface area contributed by atoms with Crippen LogP contribution in [0.2, 0.25) is 0 Å². The Balaban J connectivity index is 1.60. The van der Waals surface area contributed by atoms with Gasteiger partial charge in [0.15, 0.2) is 0 Å². The molecule has 3 aromatic rings. The van der Waals surface area contributed by atoms with Crippen molar-refractivity contribution < 1.29 is 9.53 Å². The molecule has 1 amide bonds. The van der Waals surface area contributed by atoms with Gasteiger partial charge in [-0.05, 0) is 57.4 Å². The van der Waals surface area contributed by atoms with Crippen LogP contribution in [0.1, 0.15) is 33.1 Å². The van der Waals surface area contributed by atoms with E-state index in [0.29, 0.717) is 0 Å². The van der Waals surface area contributed by atoms with Gasteiger partial charge in [-0.15, -0.1) is 0 Å². The number of nitrogens with two attached hydrogens (primary N) is 1. The molecule has 174 valence electrons. The maximum Gasteiger partial charge on any atom is 0.220 e. The van der Waals surface area contributed by atoms with E-state index in [1.807, 2.05) is 31.3 Å². The van der Waals surface area contributed by atoms with Crippen LogP contribution in [0, 0.1) is 5.92 Å². The van der Waals surface area contributed by atoms with Crippen LogP contribution in [0.3, 0.4) is 0 Å². The molecule has 4 heterocycles. The third kappa shape index (κ3) is 5.57. The van der Waals surface area contributed by atoms with Gasteiger partial charge in [0.25, 0.3) is 0 Å². The SMILES string of the molecule is CCOCCC(C)Nc1cc(-c2cc3cnccc3c(N3CCC(C(N)=O)CC3)n2)ccn1. The number of anilines is 2. The second-order valence-corrected chi connectivity index (χ2v) is 8.55. The molecule has 1 saturated heterocycles. The Labute approximate surface area is 194 Å². The number of pyridine rings is 3. The smallest absolute Gasteiger partial charge is 0.220 e. The molecule has 0 aromatic carbocycles. The Morgan fingerprint density at radius 1 is 1.27 bits per heavy atom. The lowest BCUT2D eigenvalue weighted by Crippen LogP contribution is -2.39. The van der Waals surface area contributed by atoms with Gasteiger partial charge in [0.1, 0.15) is 11.6 Å². The minimum Gasteiger partial charge on any atom is -0.382 e. The number of carbonyl (C=O) groups is 1. The van der Waals surface area contributed by atoms with Crippen molar-refractivity contribution >= 4 is 28.3 Å². The molecule has 33 heavy (non-hydrogen) atoms. The van der Waals surface area contributed by atoms with E-state index in [1.165, 1.54) is 0 Å². The van der Waals surface area contributed by atoms with Crippen molar-refractivity contribution in [2.45, 2.75) is 39.2 Å². The second kappa shape index (κ2) is 10.6. The fraction of sp³-hybridized carbons (Fsp3) is 0.440. The third-order valence-electron chi connectivity index (χ3n) is 6.16. The number of hydrogen-bond donors (Lipinski definition) is 2. The van der Waals surface area contributed by atoms with Crippen LogP contribution in [-0.4, -0.2) is 53.2 Å². The van der Waals surface area contributed by atoms with E-state index >= 15 is 0 Å². The van der Waals surface area contributed by atoms with E-state index in [0.717, 1.165) is 79.2 Å². The van der Waals surface area contributed by atoms with Crippen LogP contribution in [0.25, 0.3) is 22.0 Å². The zero-order valence-corrected chi connectivity index (χ0v) is 19.3. The van der Waals surface area contributed by atoms with E-state index in [4.69, 9.17) is 15.5 Å². The van der Waals surface area contributed by atoms with Gasteiger partial charge in [0.05, 0.1) is 5.69 Å². The van der Waals surface area contributed by atoms with Crippen LogP contribution in [0.5, 0.6) is 0 Å². The van der Waals surface area contributed by atoms with E-state index in [9.17, 15) is 4.79 Å². The minimum absolute atomic E-state index is 0.0593. The van der Waals surface area contributed by atoms with Crippen LogP contribution < -0.4 is 16.0 Å². The van der Waals surface area contributed by atoms with Crippen LogP contribution in [0.4, 0.5) is 11.6 Å². The number of nitrogens with zero attached hydrogens (tertiary/aromatic N) is 4. The summed E-state index contributed by atoms with van der Waals surface area (Å²) in [6, 6.07) is 8.32. The summed E-state index contributed by atoms with van der Waals surface area (Å²) in [5.74, 6) is 1.46. The van der Waals surface area contributed by atoms with E-state index < -0.39 is 0 Å². The summed E-state index contributed by atoms with van der Waals surface area (Å²) in [4.78, 5) is 27.7. The largest absolute Gasteiger partial charge is 0.382 e. The number of carbonyl (C=O) groups excluding carboxylic acids is 1. The zero-order valence-electron chi connectivity index (χ0n) is 19.3. The number of fused-ring (bicyclic) bond motifs is 1. The van der Waals surface area contributed by atoms with Crippen molar-refractivity contribution in [1.82, 2.24) is 15.0 Å². The first-order chi connectivity index (χ1) is 16.0. The number of amides is 1.